The summed E-state index contributed by atoms with van der Waals surface area (Å²) in [7, 11) is -1.33. The van der Waals surface area contributed by atoms with Crippen LogP contribution in [0.3, 0.4) is 0 Å². The largest absolute Gasteiger partial charge is 0.420 e. The Hall–Kier alpha value is -3.57. The van der Waals surface area contributed by atoms with Crippen molar-refractivity contribution in [1.29, 1.82) is 0 Å². The van der Waals surface area contributed by atoms with Crippen LogP contribution in [0.2, 0.25) is 25.7 Å². The summed E-state index contributed by atoms with van der Waals surface area (Å²) in [6.07, 6.45) is 1.54. The Morgan fingerprint density at radius 2 is 1.92 bits per heavy atom. The number of nitrogens with two attached hydrogens (primary N) is 1. The van der Waals surface area contributed by atoms with Crippen LogP contribution in [0.4, 0.5) is 10.2 Å². The number of likely N-dealkylation sites (tertiary alicyclic amines) is 1. The second-order valence-corrected chi connectivity index (χ2v) is 16.5. The van der Waals surface area contributed by atoms with E-state index in [1.807, 2.05) is 19.9 Å². The first-order chi connectivity index (χ1) is 17.9. The van der Waals surface area contributed by atoms with Crippen LogP contribution in [0.5, 0.6) is 0 Å². The lowest BCUT2D eigenvalue weighted by Crippen LogP contribution is -2.48. The minimum absolute atomic E-state index is 0.0192. The highest BCUT2D eigenvalue weighted by atomic mass is 28.3. The molecule has 11 heteroatoms. The first-order valence-corrected chi connectivity index (χ1v) is 16.2. The van der Waals surface area contributed by atoms with Gasteiger partial charge in [0.05, 0.1) is 17.5 Å². The number of amides is 2. The number of aromatic nitrogens is 2. The summed E-state index contributed by atoms with van der Waals surface area (Å²) in [5.74, 6) is -1.96. The van der Waals surface area contributed by atoms with Gasteiger partial charge < -0.3 is 14.9 Å². The molecule has 2 amide bonds. The predicted octanol–water partition coefficient (Wildman–Crippen LogP) is 4.51. The number of nitrogens with zero attached hydrogens (tertiary/aromatic N) is 3. The molecule has 0 saturated carbocycles. The number of rotatable bonds is 8. The number of imide groups is 1. The molecule has 1 saturated heterocycles. The summed E-state index contributed by atoms with van der Waals surface area (Å²) in [5.41, 5.74) is 8.89. The quantitative estimate of drug-likeness (QED) is 0.253. The molecule has 202 valence electrons. The third-order valence-electron chi connectivity index (χ3n) is 6.80. The molecule has 3 heterocycles. The van der Waals surface area contributed by atoms with E-state index in [0.717, 1.165) is 26.6 Å². The van der Waals surface area contributed by atoms with Gasteiger partial charge in [0, 0.05) is 26.7 Å². The highest BCUT2D eigenvalue weighted by Gasteiger charge is 2.37. The summed E-state index contributed by atoms with van der Waals surface area (Å²) in [4.78, 5) is 43.6. The molecule has 1 atom stereocenters. The normalized spacial score (nSPS) is 16.4. The molecular formula is C27H33FN4O5Si. The van der Waals surface area contributed by atoms with Crippen molar-refractivity contribution >= 4 is 25.7 Å². The first kappa shape index (κ1) is 27.5. The van der Waals surface area contributed by atoms with Crippen molar-refractivity contribution in [3.63, 3.8) is 0 Å². The summed E-state index contributed by atoms with van der Waals surface area (Å²) in [5, 5.41) is 0. The molecule has 0 radical (unpaired) electrons. The Morgan fingerprint density at radius 3 is 2.58 bits per heavy atom. The Bertz CT molecular complexity index is 1420. The SMILES string of the molecule is Cc1cc(-c2ccc(-c3cn(C4CCC(=O)N(COCC[Si](C)(C)C)C4=O)c(=O)o3)c(F)c2)nc(N)c1C. The van der Waals surface area contributed by atoms with Gasteiger partial charge in [-0.3, -0.25) is 19.1 Å². The number of piperidine rings is 1. The van der Waals surface area contributed by atoms with Crippen molar-refractivity contribution in [2.24, 2.45) is 0 Å². The van der Waals surface area contributed by atoms with Crippen molar-refractivity contribution in [1.82, 2.24) is 14.5 Å². The van der Waals surface area contributed by atoms with Gasteiger partial charge in [0.15, 0.2) is 5.76 Å². The van der Waals surface area contributed by atoms with Gasteiger partial charge in [-0.25, -0.2) is 14.2 Å². The molecule has 2 N–H and O–H groups in total. The molecule has 1 unspecified atom stereocenters. The van der Waals surface area contributed by atoms with E-state index in [-0.39, 0.29) is 36.8 Å². The van der Waals surface area contributed by atoms with Gasteiger partial charge >= 0.3 is 5.76 Å². The molecule has 1 aromatic carbocycles. The Balaban J connectivity index is 1.55. The lowest BCUT2D eigenvalue weighted by Gasteiger charge is -2.30. The molecule has 0 aliphatic carbocycles. The minimum atomic E-state index is -1.33. The van der Waals surface area contributed by atoms with E-state index in [4.69, 9.17) is 14.9 Å². The van der Waals surface area contributed by atoms with Crippen LogP contribution in [0, 0.1) is 19.7 Å². The number of halogens is 1. The van der Waals surface area contributed by atoms with Gasteiger partial charge in [-0.05, 0) is 55.6 Å². The first-order valence-electron chi connectivity index (χ1n) is 12.5. The number of nitrogen functional groups attached to an aromatic ring is 1. The number of hydrogen-bond donors (Lipinski definition) is 1. The number of aryl methyl sites for hydroxylation is 1. The van der Waals surface area contributed by atoms with Crippen molar-refractivity contribution in [3.05, 3.63) is 58.0 Å². The van der Waals surface area contributed by atoms with Gasteiger partial charge in [0.2, 0.25) is 5.91 Å². The smallest absolute Gasteiger partial charge is 0.408 e. The van der Waals surface area contributed by atoms with Gasteiger partial charge in [-0.1, -0.05) is 25.7 Å². The van der Waals surface area contributed by atoms with E-state index in [1.165, 1.54) is 18.3 Å². The van der Waals surface area contributed by atoms with Crippen LogP contribution < -0.4 is 11.5 Å². The van der Waals surface area contributed by atoms with Crippen molar-refractivity contribution in [2.75, 3.05) is 19.1 Å². The maximum Gasteiger partial charge on any atom is 0.420 e. The van der Waals surface area contributed by atoms with E-state index >= 15 is 4.39 Å². The maximum absolute atomic E-state index is 15.2. The molecule has 0 bridgehead atoms. The molecule has 1 fully saturated rings. The van der Waals surface area contributed by atoms with Crippen LogP contribution in [0.25, 0.3) is 22.6 Å². The minimum Gasteiger partial charge on any atom is -0.408 e. The van der Waals surface area contributed by atoms with E-state index in [0.29, 0.717) is 23.7 Å². The van der Waals surface area contributed by atoms with Crippen molar-refractivity contribution < 1.29 is 23.1 Å². The van der Waals surface area contributed by atoms with Gasteiger partial charge in [-0.15, -0.1) is 0 Å². The monoisotopic (exact) mass is 540 g/mol. The molecule has 1 aliphatic heterocycles. The number of hydrogen-bond acceptors (Lipinski definition) is 7. The second-order valence-electron chi connectivity index (χ2n) is 10.9. The lowest BCUT2D eigenvalue weighted by atomic mass is 10.0. The van der Waals surface area contributed by atoms with Crippen LogP contribution in [0.15, 0.2) is 39.7 Å². The summed E-state index contributed by atoms with van der Waals surface area (Å²) < 4.78 is 27.2. The van der Waals surface area contributed by atoms with Crippen LogP contribution in [-0.4, -0.2) is 47.7 Å². The molecule has 1 aliphatic rings. The molecule has 3 aromatic rings. The number of anilines is 1. The maximum atomic E-state index is 15.2. The standard InChI is InChI=1S/C27H33FN4O5Si/c1-16-12-21(30-25(29)17(16)2)18-6-7-19(20(28)13-18)23-14-31(27(35)37-23)22-8-9-24(33)32(26(22)34)15-36-10-11-38(3,4)5/h6-7,12-14,22H,8-11,15H2,1-5H3,(H2,29,30). The number of benzene rings is 1. The van der Waals surface area contributed by atoms with Gasteiger partial charge in [0.25, 0.3) is 5.91 Å². The third-order valence-corrected chi connectivity index (χ3v) is 8.51. The molecule has 4 rings (SSSR count). The third kappa shape index (κ3) is 5.78. The fraction of sp³-hybridized carbons (Fsp3) is 0.407. The zero-order valence-corrected chi connectivity index (χ0v) is 23.3. The van der Waals surface area contributed by atoms with E-state index < -0.39 is 31.6 Å². The zero-order chi connectivity index (χ0) is 27.8. The number of pyridine rings is 1. The molecule has 38 heavy (non-hydrogen) atoms. The Morgan fingerprint density at radius 1 is 1.18 bits per heavy atom. The second kappa shape index (κ2) is 10.7. The zero-order valence-electron chi connectivity index (χ0n) is 22.3. The van der Waals surface area contributed by atoms with Crippen molar-refractivity contribution in [3.8, 4) is 22.6 Å². The molecular weight excluding hydrogens is 507 g/mol. The fourth-order valence-electron chi connectivity index (χ4n) is 4.23. The number of oxazole rings is 1. The highest BCUT2D eigenvalue weighted by Crippen LogP contribution is 2.30. The van der Waals surface area contributed by atoms with Crippen molar-refractivity contribution in [2.45, 2.75) is 58.4 Å². The topological polar surface area (TPSA) is 121 Å². The molecule has 2 aromatic heterocycles. The average Bonchev–Trinajstić information content (AvgIpc) is 3.21. The molecule has 9 nitrogen and oxygen atoms in total. The van der Waals surface area contributed by atoms with Gasteiger partial charge in [-0.2, -0.15) is 0 Å². The van der Waals surface area contributed by atoms with Crippen LogP contribution in [-0.2, 0) is 14.3 Å². The fourth-order valence-corrected chi connectivity index (χ4v) is 4.98. The molecule has 0 spiro atoms. The summed E-state index contributed by atoms with van der Waals surface area (Å²) in [6.45, 7) is 10.7. The lowest BCUT2D eigenvalue weighted by molar-refractivity contribution is -0.157. The van der Waals surface area contributed by atoms with E-state index in [1.54, 1.807) is 6.07 Å². The number of ether oxygens (including phenoxy) is 1. The Labute approximate surface area is 221 Å². The highest BCUT2D eigenvalue weighted by molar-refractivity contribution is 6.76. The summed E-state index contributed by atoms with van der Waals surface area (Å²) >= 11 is 0. The van der Waals surface area contributed by atoms with Crippen LogP contribution in [0.1, 0.15) is 30.0 Å². The summed E-state index contributed by atoms with van der Waals surface area (Å²) in [6, 6.07) is 6.24. The van der Waals surface area contributed by atoms with E-state index in [9.17, 15) is 14.4 Å². The van der Waals surface area contributed by atoms with E-state index in [2.05, 4.69) is 24.6 Å². The number of carbonyl (C=O) groups excluding carboxylic acids is 2. The van der Waals surface area contributed by atoms with Crippen LogP contribution >= 0.6 is 0 Å². The Kier molecular flexibility index (Phi) is 7.70. The van der Waals surface area contributed by atoms with Gasteiger partial charge in [0.1, 0.15) is 24.4 Å². The number of carbonyl (C=O) groups is 2. The average molecular weight is 541 g/mol. The predicted molar refractivity (Wildman–Crippen MR) is 145 cm³/mol.